The van der Waals surface area contributed by atoms with Gasteiger partial charge in [0.2, 0.25) is 0 Å². The van der Waals surface area contributed by atoms with Crippen LogP contribution >= 0.6 is 39.5 Å². The molecule has 0 saturated heterocycles. The molecule has 2 heterocycles. The number of esters is 1. The summed E-state index contributed by atoms with van der Waals surface area (Å²) in [5.41, 5.74) is 1.28. The van der Waals surface area contributed by atoms with Gasteiger partial charge < -0.3 is 15.4 Å². The van der Waals surface area contributed by atoms with Gasteiger partial charge in [0.05, 0.1) is 18.7 Å². The zero-order valence-electron chi connectivity index (χ0n) is 9.74. The monoisotopic (exact) mass is 346 g/mol. The maximum atomic E-state index is 11.9. The van der Waals surface area contributed by atoms with Crippen molar-refractivity contribution in [2.24, 2.45) is 0 Å². The summed E-state index contributed by atoms with van der Waals surface area (Å²) in [7, 11) is 1.37. The first kappa shape index (κ1) is 13.5. The molecule has 0 bridgehead atoms. The van der Waals surface area contributed by atoms with E-state index < -0.39 is 0 Å². The van der Waals surface area contributed by atoms with E-state index in [-0.39, 0.29) is 12.0 Å². The molecule has 18 heavy (non-hydrogen) atoms. The number of ether oxygens (including phenoxy) is 1. The number of carbonyl (C=O) groups excluding carboxylic acids is 1. The molecular formula is C11H11BrN2O2S2. The third-order valence-corrected chi connectivity index (χ3v) is 4.53. The summed E-state index contributed by atoms with van der Waals surface area (Å²) in [5.74, 6) is -0.357. The number of hydrogen-bond acceptors (Lipinski definition) is 4. The number of hydrogen-bond donors (Lipinski definition) is 2. The van der Waals surface area contributed by atoms with Gasteiger partial charge in [-0.15, -0.1) is 11.3 Å². The van der Waals surface area contributed by atoms with Crippen LogP contribution in [0.15, 0.2) is 27.2 Å². The van der Waals surface area contributed by atoms with Gasteiger partial charge in [0.25, 0.3) is 0 Å². The first-order valence-electron chi connectivity index (χ1n) is 5.13. The highest BCUT2D eigenvalue weighted by Gasteiger charge is 2.31. The lowest BCUT2D eigenvalue weighted by Gasteiger charge is -2.28. The number of carbonyl (C=O) groups is 1. The van der Waals surface area contributed by atoms with Crippen molar-refractivity contribution in [3.05, 3.63) is 32.1 Å². The summed E-state index contributed by atoms with van der Waals surface area (Å²) in [5, 5.41) is 8.51. The van der Waals surface area contributed by atoms with E-state index in [9.17, 15) is 4.79 Å². The van der Waals surface area contributed by atoms with E-state index in [0.717, 1.165) is 15.0 Å². The summed E-state index contributed by atoms with van der Waals surface area (Å²) in [6.07, 6.45) is 0. The first-order chi connectivity index (χ1) is 8.52. The number of rotatable bonds is 2. The summed E-state index contributed by atoms with van der Waals surface area (Å²) < 4.78 is 5.81. The fraction of sp³-hybridized carbons (Fsp3) is 0.273. The second kappa shape index (κ2) is 5.38. The lowest BCUT2D eigenvalue weighted by atomic mass is 10.0. The smallest absolute Gasteiger partial charge is 0.337 e. The van der Waals surface area contributed by atoms with Gasteiger partial charge in [0, 0.05) is 20.4 Å². The molecule has 0 radical (unpaired) electrons. The van der Waals surface area contributed by atoms with E-state index in [1.807, 2.05) is 18.4 Å². The molecule has 2 N–H and O–H groups in total. The van der Waals surface area contributed by atoms with Crippen LogP contribution in [0, 0.1) is 0 Å². The summed E-state index contributed by atoms with van der Waals surface area (Å²) in [4.78, 5) is 12.9. The standard InChI is InChI=1S/C11H11BrN2O2S2/c1-5-8(10(15)16-2)9(14-11(17)13-5)7-3-6(12)4-18-7/h3-4,9H,1-2H3,(H2,13,14,17). The third kappa shape index (κ3) is 2.57. The molecular weight excluding hydrogens is 336 g/mol. The highest BCUT2D eigenvalue weighted by molar-refractivity contribution is 9.10. The van der Waals surface area contributed by atoms with Crippen molar-refractivity contribution in [3.63, 3.8) is 0 Å². The van der Waals surface area contributed by atoms with E-state index in [1.54, 1.807) is 11.3 Å². The number of methoxy groups -OCH3 is 1. The Labute approximate surface area is 123 Å². The fourth-order valence-corrected chi connectivity index (χ4v) is 3.54. The van der Waals surface area contributed by atoms with E-state index in [2.05, 4.69) is 26.6 Å². The number of nitrogens with one attached hydrogen (secondary N) is 2. The largest absolute Gasteiger partial charge is 0.466 e. The molecule has 1 atom stereocenters. The molecule has 7 heteroatoms. The van der Waals surface area contributed by atoms with Crippen LogP contribution in [0.2, 0.25) is 0 Å². The van der Waals surface area contributed by atoms with Crippen molar-refractivity contribution in [2.75, 3.05) is 7.11 Å². The zero-order chi connectivity index (χ0) is 13.3. The van der Waals surface area contributed by atoms with Gasteiger partial charge in [-0.2, -0.15) is 0 Å². The van der Waals surface area contributed by atoms with Crippen molar-refractivity contribution in [1.29, 1.82) is 0 Å². The van der Waals surface area contributed by atoms with Crippen LogP contribution in [-0.4, -0.2) is 18.2 Å². The van der Waals surface area contributed by atoms with Crippen LogP contribution in [0.1, 0.15) is 17.8 Å². The van der Waals surface area contributed by atoms with Gasteiger partial charge in [-0.05, 0) is 41.1 Å². The summed E-state index contributed by atoms with van der Waals surface area (Å²) in [6, 6.07) is 1.70. The van der Waals surface area contributed by atoms with Gasteiger partial charge in [-0.3, -0.25) is 0 Å². The summed E-state index contributed by atoms with van der Waals surface area (Å²) in [6.45, 7) is 1.81. The second-order valence-corrected chi connectivity index (χ2v) is 6.00. The maximum Gasteiger partial charge on any atom is 0.337 e. The lowest BCUT2D eigenvalue weighted by molar-refractivity contribution is -0.136. The Morgan fingerprint density at radius 1 is 1.61 bits per heavy atom. The Kier molecular flexibility index (Phi) is 4.04. The Hall–Kier alpha value is -0.920. The van der Waals surface area contributed by atoms with Crippen LogP contribution in [0.3, 0.4) is 0 Å². The molecule has 0 aliphatic carbocycles. The van der Waals surface area contributed by atoms with E-state index >= 15 is 0 Å². The quantitative estimate of drug-likeness (QED) is 0.636. The van der Waals surface area contributed by atoms with Gasteiger partial charge in [0.1, 0.15) is 0 Å². The van der Waals surface area contributed by atoms with Gasteiger partial charge in [-0.1, -0.05) is 0 Å². The first-order valence-corrected chi connectivity index (χ1v) is 7.21. The maximum absolute atomic E-state index is 11.9. The number of thiophene rings is 1. The molecule has 1 aromatic heterocycles. The van der Waals surface area contributed by atoms with Gasteiger partial charge >= 0.3 is 5.97 Å². The van der Waals surface area contributed by atoms with Crippen LogP contribution in [-0.2, 0) is 9.53 Å². The van der Waals surface area contributed by atoms with Gasteiger partial charge in [-0.25, -0.2) is 4.79 Å². The van der Waals surface area contributed by atoms with Gasteiger partial charge in [0.15, 0.2) is 5.11 Å². The van der Waals surface area contributed by atoms with Crippen LogP contribution in [0.4, 0.5) is 0 Å². The second-order valence-electron chi connectivity index (χ2n) is 3.73. The Morgan fingerprint density at radius 3 is 2.89 bits per heavy atom. The van der Waals surface area contributed by atoms with Crippen LogP contribution < -0.4 is 10.6 Å². The number of thiocarbonyl (C=S) groups is 1. The van der Waals surface area contributed by atoms with Crippen molar-refractivity contribution in [3.8, 4) is 0 Å². The van der Waals surface area contributed by atoms with Crippen molar-refractivity contribution in [1.82, 2.24) is 10.6 Å². The van der Waals surface area contributed by atoms with Crippen molar-refractivity contribution < 1.29 is 9.53 Å². The minimum absolute atomic E-state index is 0.262. The Balaban J connectivity index is 2.45. The highest BCUT2D eigenvalue weighted by atomic mass is 79.9. The summed E-state index contributed by atoms with van der Waals surface area (Å²) >= 11 is 10.1. The average molecular weight is 347 g/mol. The van der Waals surface area contributed by atoms with Crippen LogP contribution in [0.25, 0.3) is 0 Å². The molecule has 1 unspecified atom stereocenters. The van der Waals surface area contributed by atoms with Crippen molar-refractivity contribution >= 4 is 50.6 Å². The van der Waals surface area contributed by atoms with E-state index in [0.29, 0.717) is 10.7 Å². The predicted octanol–water partition coefficient (Wildman–Crippen LogP) is 2.48. The van der Waals surface area contributed by atoms with E-state index in [1.165, 1.54) is 7.11 Å². The molecule has 0 aromatic carbocycles. The van der Waals surface area contributed by atoms with E-state index in [4.69, 9.17) is 17.0 Å². The third-order valence-electron chi connectivity index (χ3n) is 2.55. The molecule has 0 saturated carbocycles. The highest BCUT2D eigenvalue weighted by Crippen LogP contribution is 2.33. The number of halogens is 1. The SMILES string of the molecule is COC(=O)C1=C(C)NC(=S)NC1c1cc(Br)cs1. The molecule has 0 fully saturated rings. The van der Waals surface area contributed by atoms with Crippen molar-refractivity contribution in [2.45, 2.75) is 13.0 Å². The molecule has 2 rings (SSSR count). The molecule has 0 spiro atoms. The fourth-order valence-electron chi connectivity index (χ4n) is 1.77. The minimum atomic E-state index is -0.357. The minimum Gasteiger partial charge on any atom is -0.466 e. The Morgan fingerprint density at radius 2 is 2.33 bits per heavy atom. The zero-order valence-corrected chi connectivity index (χ0v) is 13.0. The molecule has 1 aliphatic rings. The molecule has 96 valence electrons. The molecule has 4 nitrogen and oxygen atoms in total. The normalized spacial score (nSPS) is 19.3. The Bertz CT molecular complexity index is 539. The molecule has 1 aliphatic heterocycles. The average Bonchev–Trinajstić information content (AvgIpc) is 2.74. The predicted molar refractivity (Wildman–Crippen MR) is 78.3 cm³/mol. The number of allylic oxidation sites excluding steroid dienone is 1. The molecule has 0 amide bonds. The topological polar surface area (TPSA) is 50.4 Å². The lowest BCUT2D eigenvalue weighted by Crippen LogP contribution is -2.44. The van der Waals surface area contributed by atoms with Crippen LogP contribution in [0.5, 0.6) is 0 Å². The molecule has 1 aromatic rings.